The first-order valence-electron chi connectivity index (χ1n) is 4.93. The molecular weight excluding hydrogens is 274 g/mol. The van der Waals surface area contributed by atoms with Gasteiger partial charge in [-0.2, -0.15) is 0 Å². The second-order valence-corrected chi connectivity index (χ2v) is 4.53. The van der Waals surface area contributed by atoms with Gasteiger partial charge in [-0.05, 0) is 24.6 Å². The van der Waals surface area contributed by atoms with Crippen LogP contribution in [0.1, 0.15) is 23.2 Å². The highest BCUT2D eigenvalue weighted by atomic mass is 79.9. The van der Waals surface area contributed by atoms with E-state index in [9.17, 15) is 9.59 Å². The summed E-state index contributed by atoms with van der Waals surface area (Å²) in [5.74, 6) is -1.03. The molecule has 0 bridgehead atoms. The van der Waals surface area contributed by atoms with Crippen LogP contribution in [0.2, 0.25) is 0 Å². The Morgan fingerprint density at radius 2 is 2.19 bits per heavy atom. The van der Waals surface area contributed by atoms with Crippen molar-refractivity contribution in [3.63, 3.8) is 0 Å². The smallest absolute Gasteiger partial charge is 0.337 e. The minimum Gasteiger partial charge on any atom is -0.478 e. The van der Waals surface area contributed by atoms with Gasteiger partial charge in [0.05, 0.1) is 11.3 Å². The highest BCUT2D eigenvalue weighted by Gasteiger charge is 2.25. The van der Waals surface area contributed by atoms with Crippen LogP contribution in [0, 0.1) is 0 Å². The summed E-state index contributed by atoms with van der Waals surface area (Å²) in [6.45, 7) is 0.598. The number of carbonyl (C=O) groups excluding carboxylic acids is 1. The molecule has 0 aromatic heterocycles. The van der Waals surface area contributed by atoms with Gasteiger partial charge in [0.2, 0.25) is 5.91 Å². The van der Waals surface area contributed by atoms with Crippen molar-refractivity contribution in [2.45, 2.75) is 12.8 Å². The SMILES string of the molecule is O=C(O)c1cc(Br)ccc1N1CCCC1=O. The Hall–Kier alpha value is -1.36. The topological polar surface area (TPSA) is 57.6 Å². The Kier molecular flexibility index (Phi) is 2.96. The van der Waals surface area contributed by atoms with E-state index in [0.29, 0.717) is 23.1 Å². The number of anilines is 1. The van der Waals surface area contributed by atoms with E-state index in [4.69, 9.17) is 5.11 Å². The molecule has 1 N–H and O–H groups in total. The molecule has 1 aromatic rings. The van der Waals surface area contributed by atoms with E-state index >= 15 is 0 Å². The Bertz CT molecular complexity index is 459. The van der Waals surface area contributed by atoms with E-state index < -0.39 is 5.97 Å². The molecule has 0 saturated carbocycles. The van der Waals surface area contributed by atoms with Crippen LogP contribution in [0.25, 0.3) is 0 Å². The van der Waals surface area contributed by atoms with Crippen LogP contribution in [-0.2, 0) is 4.79 Å². The molecule has 1 aliphatic heterocycles. The average molecular weight is 284 g/mol. The lowest BCUT2D eigenvalue weighted by Crippen LogP contribution is -2.25. The van der Waals surface area contributed by atoms with Gasteiger partial charge in [-0.1, -0.05) is 15.9 Å². The lowest BCUT2D eigenvalue weighted by atomic mass is 10.1. The van der Waals surface area contributed by atoms with Crippen molar-refractivity contribution < 1.29 is 14.7 Å². The summed E-state index contributed by atoms with van der Waals surface area (Å²) >= 11 is 3.22. The number of carbonyl (C=O) groups is 2. The molecule has 0 radical (unpaired) electrons. The monoisotopic (exact) mass is 283 g/mol. The number of halogens is 1. The van der Waals surface area contributed by atoms with Gasteiger partial charge in [-0.15, -0.1) is 0 Å². The molecule has 1 aromatic carbocycles. The fourth-order valence-corrected chi connectivity index (χ4v) is 2.18. The van der Waals surface area contributed by atoms with Crippen molar-refractivity contribution in [3.05, 3.63) is 28.2 Å². The molecule has 2 rings (SSSR count). The number of aromatic carboxylic acids is 1. The summed E-state index contributed by atoms with van der Waals surface area (Å²) in [5.41, 5.74) is 0.642. The number of nitrogens with zero attached hydrogens (tertiary/aromatic N) is 1. The Labute approximate surface area is 101 Å². The number of carboxylic acids is 1. The molecule has 0 unspecified atom stereocenters. The molecule has 16 heavy (non-hydrogen) atoms. The van der Waals surface area contributed by atoms with E-state index in [-0.39, 0.29) is 11.5 Å². The Morgan fingerprint density at radius 3 is 2.75 bits per heavy atom. The summed E-state index contributed by atoms with van der Waals surface area (Å²) in [6, 6.07) is 4.92. The van der Waals surface area contributed by atoms with Gasteiger partial charge in [0, 0.05) is 17.4 Å². The number of hydrogen-bond donors (Lipinski definition) is 1. The third kappa shape index (κ3) is 1.95. The molecular formula is C11H10BrNO3. The molecule has 1 heterocycles. The maximum absolute atomic E-state index is 11.6. The van der Waals surface area contributed by atoms with Crippen LogP contribution in [0.15, 0.2) is 22.7 Å². The quantitative estimate of drug-likeness (QED) is 0.906. The second-order valence-electron chi connectivity index (χ2n) is 3.62. The van der Waals surface area contributed by atoms with Gasteiger partial charge < -0.3 is 10.0 Å². The van der Waals surface area contributed by atoms with E-state index in [0.717, 1.165) is 6.42 Å². The van der Waals surface area contributed by atoms with E-state index in [1.54, 1.807) is 12.1 Å². The summed E-state index contributed by atoms with van der Waals surface area (Å²) in [5, 5.41) is 9.08. The van der Waals surface area contributed by atoms with Gasteiger partial charge in [-0.25, -0.2) is 4.79 Å². The lowest BCUT2D eigenvalue weighted by molar-refractivity contribution is -0.117. The Morgan fingerprint density at radius 1 is 1.44 bits per heavy atom. The van der Waals surface area contributed by atoms with Crippen LogP contribution in [0.3, 0.4) is 0 Å². The highest BCUT2D eigenvalue weighted by Crippen LogP contribution is 2.28. The molecule has 4 nitrogen and oxygen atoms in total. The van der Waals surface area contributed by atoms with Crippen molar-refractivity contribution in [2.24, 2.45) is 0 Å². The number of carboxylic acid groups (broad SMARTS) is 1. The zero-order chi connectivity index (χ0) is 11.7. The lowest BCUT2D eigenvalue weighted by Gasteiger charge is -2.18. The number of rotatable bonds is 2. The summed E-state index contributed by atoms with van der Waals surface area (Å²) in [6.07, 6.45) is 1.28. The molecule has 5 heteroatoms. The predicted octanol–water partition coefficient (Wildman–Crippen LogP) is 2.27. The number of hydrogen-bond acceptors (Lipinski definition) is 2. The summed E-state index contributed by atoms with van der Waals surface area (Å²) in [7, 11) is 0. The van der Waals surface area contributed by atoms with Gasteiger partial charge in [0.25, 0.3) is 0 Å². The maximum atomic E-state index is 11.6. The van der Waals surface area contributed by atoms with Crippen molar-refractivity contribution >= 4 is 33.5 Å². The third-order valence-electron chi connectivity index (χ3n) is 2.55. The molecule has 1 saturated heterocycles. The van der Waals surface area contributed by atoms with Crippen LogP contribution < -0.4 is 4.90 Å². The summed E-state index contributed by atoms with van der Waals surface area (Å²) in [4.78, 5) is 24.2. The van der Waals surface area contributed by atoms with E-state index in [1.165, 1.54) is 11.0 Å². The maximum Gasteiger partial charge on any atom is 0.337 e. The van der Waals surface area contributed by atoms with Crippen molar-refractivity contribution in [1.82, 2.24) is 0 Å². The molecule has 84 valence electrons. The van der Waals surface area contributed by atoms with Crippen LogP contribution in [0.4, 0.5) is 5.69 Å². The summed E-state index contributed by atoms with van der Waals surface area (Å²) < 4.78 is 0.695. The van der Waals surface area contributed by atoms with Gasteiger partial charge in [0.1, 0.15) is 0 Å². The van der Waals surface area contributed by atoms with Gasteiger partial charge in [-0.3, -0.25) is 4.79 Å². The fraction of sp³-hybridized carbons (Fsp3) is 0.273. The van der Waals surface area contributed by atoms with Crippen molar-refractivity contribution in [3.8, 4) is 0 Å². The first-order valence-corrected chi connectivity index (χ1v) is 5.72. The molecule has 1 amide bonds. The predicted molar refractivity (Wildman–Crippen MR) is 62.7 cm³/mol. The standard InChI is InChI=1S/C11H10BrNO3/c12-7-3-4-9(8(6-7)11(15)16)13-5-1-2-10(13)14/h3-4,6H,1-2,5H2,(H,15,16). The molecule has 0 atom stereocenters. The number of amides is 1. The first kappa shape index (κ1) is 11.1. The third-order valence-corrected chi connectivity index (χ3v) is 3.05. The zero-order valence-electron chi connectivity index (χ0n) is 8.44. The second kappa shape index (κ2) is 4.25. The zero-order valence-corrected chi connectivity index (χ0v) is 10.0. The Balaban J connectivity index is 2.47. The van der Waals surface area contributed by atoms with E-state index in [2.05, 4.69) is 15.9 Å². The number of benzene rings is 1. The van der Waals surface area contributed by atoms with Crippen LogP contribution in [-0.4, -0.2) is 23.5 Å². The van der Waals surface area contributed by atoms with Crippen molar-refractivity contribution in [1.29, 1.82) is 0 Å². The molecule has 1 fully saturated rings. The minimum absolute atomic E-state index is 0.00942. The molecule has 0 spiro atoms. The van der Waals surface area contributed by atoms with Crippen LogP contribution >= 0.6 is 15.9 Å². The van der Waals surface area contributed by atoms with Gasteiger partial charge >= 0.3 is 5.97 Å². The van der Waals surface area contributed by atoms with Crippen LogP contribution in [0.5, 0.6) is 0 Å². The fourth-order valence-electron chi connectivity index (χ4n) is 1.82. The highest BCUT2D eigenvalue weighted by molar-refractivity contribution is 9.10. The van der Waals surface area contributed by atoms with Crippen molar-refractivity contribution in [2.75, 3.05) is 11.4 Å². The van der Waals surface area contributed by atoms with E-state index in [1.807, 2.05) is 0 Å². The van der Waals surface area contributed by atoms with Gasteiger partial charge in [0.15, 0.2) is 0 Å². The molecule has 0 aliphatic carbocycles. The normalized spacial score (nSPS) is 15.6. The first-order chi connectivity index (χ1) is 7.59. The largest absolute Gasteiger partial charge is 0.478 e. The molecule has 1 aliphatic rings. The average Bonchev–Trinajstić information content (AvgIpc) is 2.64. The minimum atomic E-state index is -1.02.